The number of anilines is 1. The van der Waals surface area contributed by atoms with Gasteiger partial charge < -0.3 is 4.74 Å². The van der Waals surface area contributed by atoms with Crippen LogP contribution in [0.25, 0.3) is 0 Å². The average molecular weight is 319 g/mol. The first-order valence-corrected chi connectivity index (χ1v) is 8.63. The van der Waals surface area contributed by atoms with Gasteiger partial charge in [0.25, 0.3) is 10.0 Å². The van der Waals surface area contributed by atoms with Crippen molar-refractivity contribution in [1.82, 2.24) is 0 Å². The van der Waals surface area contributed by atoms with E-state index >= 15 is 0 Å². The Morgan fingerprint density at radius 3 is 2.50 bits per heavy atom. The van der Waals surface area contributed by atoms with Crippen molar-refractivity contribution in [2.45, 2.75) is 32.1 Å². The molecule has 0 saturated heterocycles. The van der Waals surface area contributed by atoms with E-state index in [2.05, 4.69) is 4.72 Å². The first-order chi connectivity index (χ1) is 10.4. The van der Waals surface area contributed by atoms with Crippen LogP contribution in [0, 0.1) is 13.8 Å². The van der Waals surface area contributed by atoms with Crippen LogP contribution >= 0.6 is 0 Å². The van der Waals surface area contributed by atoms with Crippen molar-refractivity contribution in [2.24, 2.45) is 0 Å². The third-order valence-electron chi connectivity index (χ3n) is 3.59. The topological polar surface area (TPSA) is 55.4 Å². The third-order valence-corrected chi connectivity index (χ3v) is 4.96. The highest BCUT2D eigenvalue weighted by Crippen LogP contribution is 2.29. The molecule has 0 unspecified atom stereocenters. The van der Waals surface area contributed by atoms with Crippen molar-refractivity contribution in [2.75, 3.05) is 11.8 Å². The summed E-state index contributed by atoms with van der Waals surface area (Å²) in [5.74, 6) is 0.338. The van der Waals surface area contributed by atoms with Crippen LogP contribution in [0.5, 0.6) is 5.75 Å². The Kier molecular flexibility index (Phi) is 4.76. The van der Waals surface area contributed by atoms with Crippen LogP contribution in [0.4, 0.5) is 5.69 Å². The van der Waals surface area contributed by atoms with Crippen LogP contribution in [0.1, 0.15) is 23.6 Å². The van der Waals surface area contributed by atoms with Crippen molar-refractivity contribution in [3.8, 4) is 5.75 Å². The molecule has 2 aromatic rings. The second-order valence-corrected chi connectivity index (χ2v) is 6.87. The number of sulfonamides is 1. The fourth-order valence-corrected chi connectivity index (χ4v) is 3.78. The SMILES string of the molecule is CCc1cccc(C)c1NS(=O)(=O)c1cc(C)ccc1OC. The molecular weight excluding hydrogens is 298 g/mol. The molecule has 0 aromatic heterocycles. The zero-order valence-electron chi connectivity index (χ0n) is 13.3. The molecule has 0 heterocycles. The predicted molar refractivity (Wildman–Crippen MR) is 89.1 cm³/mol. The number of benzene rings is 2. The van der Waals surface area contributed by atoms with Crippen molar-refractivity contribution in [3.63, 3.8) is 0 Å². The standard InChI is InChI=1S/C17H21NO3S/c1-5-14-8-6-7-13(3)17(14)18-22(19,20)16-11-12(2)9-10-15(16)21-4/h6-11,18H,5H2,1-4H3. The summed E-state index contributed by atoms with van der Waals surface area (Å²) in [4.78, 5) is 0.153. The number of rotatable bonds is 5. The number of hydrogen-bond acceptors (Lipinski definition) is 3. The fraction of sp³-hybridized carbons (Fsp3) is 0.294. The summed E-state index contributed by atoms with van der Waals surface area (Å²) in [6, 6.07) is 10.9. The minimum absolute atomic E-state index is 0.153. The van der Waals surface area contributed by atoms with E-state index in [1.54, 1.807) is 12.1 Å². The Morgan fingerprint density at radius 2 is 1.86 bits per heavy atom. The van der Waals surface area contributed by atoms with Gasteiger partial charge in [-0.3, -0.25) is 4.72 Å². The lowest BCUT2D eigenvalue weighted by Gasteiger charge is -2.16. The Balaban J connectivity index is 2.52. The average Bonchev–Trinajstić information content (AvgIpc) is 2.49. The number of hydrogen-bond donors (Lipinski definition) is 1. The molecule has 0 saturated carbocycles. The molecule has 0 atom stereocenters. The van der Waals surface area contributed by atoms with Gasteiger partial charge in [-0.25, -0.2) is 8.42 Å². The van der Waals surface area contributed by atoms with Crippen LogP contribution in [0.2, 0.25) is 0 Å². The van der Waals surface area contributed by atoms with Crippen LogP contribution in [-0.2, 0) is 16.4 Å². The molecule has 0 bridgehead atoms. The summed E-state index contributed by atoms with van der Waals surface area (Å²) < 4.78 is 33.4. The number of para-hydroxylation sites is 1. The maximum absolute atomic E-state index is 12.8. The van der Waals surface area contributed by atoms with Gasteiger partial charge >= 0.3 is 0 Å². The lowest BCUT2D eigenvalue weighted by Crippen LogP contribution is -2.16. The molecule has 1 N–H and O–H groups in total. The van der Waals surface area contributed by atoms with E-state index in [0.29, 0.717) is 11.4 Å². The largest absolute Gasteiger partial charge is 0.495 e. The van der Waals surface area contributed by atoms with Crippen molar-refractivity contribution in [3.05, 3.63) is 53.1 Å². The molecule has 118 valence electrons. The minimum Gasteiger partial charge on any atom is -0.495 e. The van der Waals surface area contributed by atoms with Crippen molar-refractivity contribution >= 4 is 15.7 Å². The Morgan fingerprint density at radius 1 is 1.14 bits per heavy atom. The second-order valence-electron chi connectivity index (χ2n) is 5.22. The minimum atomic E-state index is -3.71. The highest BCUT2D eigenvalue weighted by Gasteiger charge is 2.21. The van der Waals surface area contributed by atoms with E-state index in [1.165, 1.54) is 7.11 Å². The van der Waals surface area contributed by atoms with Gasteiger partial charge in [0.05, 0.1) is 12.8 Å². The van der Waals surface area contributed by atoms with Crippen LogP contribution in [0.3, 0.4) is 0 Å². The molecule has 0 amide bonds. The number of nitrogens with one attached hydrogen (secondary N) is 1. The summed E-state index contributed by atoms with van der Waals surface area (Å²) in [5.41, 5.74) is 3.37. The monoisotopic (exact) mass is 319 g/mol. The first-order valence-electron chi connectivity index (χ1n) is 7.15. The van der Waals surface area contributed by atoms with Crippen LogP contribution < -0.4 is 9.46 Å². The predicted octanol–water partition coefficient (Wildman–Crippen LogP) is 3.68. The summed E-state index contributed by atoms with van der Waals surface area (Å²) in [6.07, 6.45) is 0.754. The molecule has 0 aliphatic heterocycles. The summed E-state index contributed by atoms with van der Waals surface area (Å²) in [7, 11) is -2.24. The number of methoxy groups -OCH3 is 1. The Bertz CT molecular complexity index is 782. The first kappa shape index (κ1) is 16.4. The highest BCUT2D eigenvalue weighted by molar-refractivity contribution is 7.92. The molecule has 0 aliphatic rings. The fourth-order valence-electron chi connectivity index (χ4n) is 2.35. The maximum atomic E-state index is 12.8. The lowest BCUT2D eigenvalue weighted by atomic mass is 10.1. The lowest BCUT2D eigenvalue weighted by molar-refractivity contribution is 0.402. The zero-order valence-corrected chi connectivity index (χ0v) is 14.1. The molecule has 0 fully saturated rings. The molecule has 0 spiro atoms. The zero-order chi connectivity index (χ0) is 16.3. The quantitative estimate of drug-likeness (QED) is 0.914. The summed E-state index contributed by atoms with van der Waals surface area (Å²) in [5, 5.41) is 0. The smallest absolute Gasteiger partial charge is 0.265 e. The van der Waals surface area contributed by atoms with Crippen molar-refractivity contribution < 1.29 is 13.2 Å². The molecule has 2 rings (SSSR count). The van der Waals surface area contributed by atoms with Gasteiger partial charge in [-0.15, -0.1) is 0 Å². The molecule has 4 nitrogen and oxygen atoms in total. The molecule has 22 heavy (non-hydrogen) atoms. The normalized spacial score (nSPS) is 11.3. The maximum Gasteiger partial charge on any atom is 0.265 e. The molecule has 0 aliphatic carbocycles. The molecule has 2 aromatic carbocycles. The van der Waals surface area contributed by atoms with Crippen LogP contribution in [-0.4, -0.2) is 15.5 Å². The van der Waals surface area contributed by atoms with Gasteiger partial charge in [0.2, 0.25) is 0 Å². The summed E-state index contributed by atoms with van der Waals surface area (Å²) >= 11 is 0. The summed E-state index contributed by atoms with van der Waals surface area (Å²) in [6.45, 7) is 5.74. The van der Waals surface area contributed by atoms with E-state index in [-0.39, 0.29) is 4.90 Å². The van der Waals surface area contributed by atoms with Gasteiger partial charge in [-0.2, -0.15) is 0 Å². The van der Waals surface area contributed by atoms with Crippen molar-refractivity contribution in [1.29, 1.82) is 0 Å². The van der Waals surface area contributed by atoms with E-state index < -0.39 is 10.0 Å². The van der Waals surface area contributed by atoms with Crippen LogP contribution in [0.15, 0.2) is 41.3 Å². The van der Waals surface area contributed by atoms with Gasteiger partial charge in [0, 0.05) is 0 Å². The number of aryl methyl sites for hydroxylation is 3. The van der Waals surface area contributed by atoms with E-state index in [0.717, 1.165) is 23.1 Å². The van der Waals surface area contributed by atoms with E-state index in [4.69, 9.17) is 4.74 Å². The van der Waals surface area contributed by atoms with Gasteiger partial charge in [0.1, 0.15) is 10.6 Å². The second kappa shape index (κ2) is 6.40. The molecular formula is C17H21NO3S. The van der Waals surface area contributed by atoms with Gasteiger partial charge in [0.15, 0.2) is 0 Å². The number of ether oxygens (including phenoxy) is 1. The Labute approximate surface area is 132 Å². The van der Waals surface area contributed by atoms with E-state index in [1.807, 2.05) is 45.0 Å². The Hall–Kier alpha value is -2.01. The van der Waals surface area contributed by atoms with E-state index in [9.17, 15) is 8.42 Å². The third kappa shape index (κ3) is 3.25. The van der Waals surface area contributed by atoms with Gasteiger partial charge in [-0.05, 0) is 49.1 Å². The highest BCUT2D eigenvalue weighted by atomic mass is 32.2. The molecule has 0 radical (unpaired) electrons. The van der Waals surface area contributed by atoms with Gasteiger partial charge in [-0.1, -0.05) is 31.2 Å². The molecule has 5 heteroatoms.